The molecule has 3 aromatic heterocycles. The number of ketones is 1. The van der Waals surface area contributed by atoms with Gasteiger partial charge in [-0.1, -0.05) is 12.1 Å². The summed E-state index contributed by atoms with van der Waals surface area (Å²) in [5.74, 6) is -1.81. The standard InChI is InChI=1S/C22H17F4N5O3S/c1-31(2)35(33,34)30-17-5-3-4-14(19(17)23)20(32)16-11-29-21-15(16)8-13(10-28-21)12-6-7-18(27-9-12)22(24,25)26/h3-11,30H,1-2H3,(H,28,29). The molecular weight excluding hydrogens is 490 g/mol. The van der Waals surface area contributed by atoms with Gasteiger partial charge >= 0.3 is 16.4 Å². The molecule has 0 saturated carbocycles. The Morgan fingerprint density at radius 1 is 1.03 bits per heavy atom. The van der Waals surface area contributed by atoms with Crippen LogP contribution in [0.4, 0.5) is 23.2 Å². The first kappa shape index (κ1) is 24.3. The third-order valence-corrected chi connectivity index (χ3v) is 6.57. The number of fused-ring (bicyclic) bond motifs is 1. The van der Waals surface area contributed by atoms with E-state index < -0.39 is 39.4 Å². The number of anilines is 1. The van der Waals surface area contributed by atoms with Crippen LogP contribution in [0.25, 0.3) is 22.2 Å². The van der Waals surface area contributed by atoms with Gasteiger partial charge < -0.3 is 4.98 Å². The number of H-pyrrole nitrogens is 1. The smallest absolute Gasteiger partial charge is 0.345 e. The molecule has 8 nitrogen and oxygen atoms in total. The molecule has 0 aliphatic carbocycles. The zero-order valence-corrected chi connectivity index (χ0v) is 19.0. The number of hydrogen-bond donors (Lipinski definition) is 2. The lowest BCUT2D eigenvalue weighted by atomic mass is 10.0. The number of benzene rings is 1. The molecule has 0 atom stereocenters. The maximum Gasteiger partial charge on any atom is 0.433 e. The third-order valence-electron chi connectivity index (χ3n) is 5.13. The lowest BCUT2D eigenvalue weighted by molar-refractivity contribution is -0.141. The van der Waals surface area contributed by atoms with Crippen molar-refractivity contribution in [2.45, 2.75) is 6.18 Å². The SMILES string of the molecule is CN(C)S(=O)(=O)Nc1cccc(C(=O)c2c[nH]c3ncc(-c4ccc(C(F)(F)F)nc4)cc23)c1F. The lowest BCUT2D eigenvalue weighted by Gasteiger charge is -2.14. The highest BCUT2D eigenvalue weighted by atomic mass is 32.2. The predicted molar refractivity (Wildman–Crippen MR) is 120 cm³/mol. The van der Waals surface area contributed by atoms with Gasteiger partial charge in [0, 0.05) is 54.8 Å². The first-order valence-electron chi connectivity index (χ1n) is 9.92. The van der Waals surface area contributed by atoms with Crippen LogP contribution >= 0.6 is 0 Å². The van der Waals surface area contributed by atoms with Gasteiger partial charge in [-0.3, -0.25) is 14.5 Å². The average molecular weight is 507 g/mol. The Morgan fingerprint density at radius 2 is 1.74 bits per heavy atom. The fraction of sp³-hybridized carbons (Fsp3) is 0.136. The summed E-state index contributed by atoms with van der Waals surface area (Å²) in [7, 11) is -1.49. The van der Waals surface area contributed by atoms with Gasteiger partial charge in [-0.2, -0.15) is 25.9 Å². The van der Waals surface area contributed by atoms with E-state index in [4.69, 9.17) is 0 Å². The first-order valence-corrected chi connectivity index (χ1v) is 11.4. The number of carbonyl (C=O) groups is 1. The summed E-state index contributed by atoms with van der Waals surface area (Å²) in [6, 6.07) is 7.30. The molecule has 4 rings (SSSR count). The van der Waals surface area contributed by atoms with Crippen LogP contribution in [0, 0.1) is 5.82 Å². The molecular formula is C22H17F4N5O3S. The Bertz CT molecular complexity index is 1530. The molecule has 13 heteroatoms. The number of aromatic amines is 1. The molecule has 0 radical (unpaired) electrons. The fourth-order valence-corrected chi connectivity index (χ4v) is 3.86. The summed E-state index contributed by atoms with van der Waals surface area (Å²) in [5.41, 5.74) is -0.778. The van der Waals surface area contributed by atoms with E-state index in [1.165, 1.54) is 56.8 Å². The molecule has 35 heavy (non-hydrogen) atoms. The van der Waals surface area contributed by atoms with Gasteiger partial charge in [-0.15, -0.1) is 0 Å². The molecule has 0 bridgehead atoms. The van der Waals surface area contributed by atoms with Crippen molar-refractivity contribution in [1.29, 1.82) is 0 Å². The van der Waals surface area contributed by atoms with Gasteiger partial charge in [0.2, 0.25) is 0 Å². The molecule has 1 aromatic carbocycles. The Hall–Kier alpha value is -3.84. The topological polar surface area (TPSA) is 108 Å². The predicted octanol–water partition coefficient (Wildman–Crippen LogP) is 4.23. The van der Waals surface area contributed by atoms with E-state index in [0.717, 1.165) is 16.6 Å². The maximum atomic E-state index is 15.1. The van der Waals surface area contributed by atoms with Gasteiger partial charge in [0.15, 0.2) is 11.6 Å². The zero-order valence-electron chi connectivity index (χ0n) is 18.2. The van der Waals surface area contributed by atoms with Crippen LogP contribution in [0.2, 0.25) is 0 Å². The minimum Gasteiger partial charge on any atom is -0.345 e. The Kier molecular flexibility index (Phi) is 6.07. The molecule has 0 aliphatic rings. The highest BCUT2D eigenvalue weighted by Gasteiger charge is 2.32. The number of alkyl halides is 3. The normalized spacial score (nSPS) is 12.3. The number of aromatic nitrogens is 3. The Labute approximate surface area is 196 Å². The second-order valence-corrected chi connectivity index (χ2v) is 9.52. The summed E-state index contributed by atoms with van der Waals surface area (Å²) >= 11 is 0. The van der Waals surface area contributed by atoms with Crippen molar-refractivity contribution >= 4 is 32.7 Å². The number of nitrogens with one attached hydrogen (secondary N) is 2. The number of nitrogens with zero attached hydrogens (tertiary/aromatic N) is 3. The van der Waals surface area contributed by atoms with Gasteiger partial charge in [0.05, 0.1) is 11.3 Å². The summed E-state index contributed by atoms with van der Waals surface area (Å²) in [6.07, 6.45) is -0.820. The summed E-state index contributed by atoms with van der Waals surface area (Å²) in [5, 5.41) is 0.297. The molecule has 0 aliphatic heterocycles. The largest absolute Gasteiger partial charge is 0.433 e. The average Bonchev–Trinajstić information content (AvgIpc) is 3.22. The molecule has 182 valence electrons. The molecule has 0 spiro atoms. The summed E-state index contributed by atoms with van der Waals surface area (Å²) in [4.78, 5) is 23.6. The van der Waals surface area contributed by atoms with E-state index in [2.05, 4.69) is 19.7 Å². The van der Waals surface area contributed by atoms with E-state index in [1.807, 2.05) is 0 Å². The first-order chi connectivity index (χ1) is 16.4. The third kappa shape index (κ3) is 4.72. The maximum absolute atomic E-state index is 15.1. The van der Waals surface area contributed by atoms with Crippen LogP contribution in [0.1, 0.15) is 21.6 Å². The Balaban J connectivity index is 1.72. The van der Waals surface area contributed by atoms with Gasteiger partial charge in [-0.25, -0.2) is 9.37 Å². The molecule has 4 aromatic rings. The highest BCUT2D eigenvalue weighted by Crippen LogP contribution is 2.31. The molecule has 3 heterocycles. The quantitative estimate of drug-likeness (QED) is 0.300. The number of rotatable bonds is 6. The van der Waals surface area contributed by atoms with Crippen molar-refractivity contribution < 1.29 is 30.8 Å². The molecule has 0 unspecified atom stereocenters. The molecule has 2 N–H and O–H groups in total. The van der Waals surface area contributed by atoms with E-state index in [0.29, 0.717) is 22.2 Å². The summed E-state index contributed by atoms with van der Waals surface area (Å²) < 4.78 is 80.5. The van der Waals surface area contributed by atoms with Crippen molar-refractivity contribution in [3.05, 3.63) is 77.6 Å². The minimum absolute atomic E-state index is 0.0423. The van der Waals surface area contributed by atoms with Crippen molar-refractivity contribution in [1.82, 2.24) is 19.3 Å². The zero-order chi connectivity index (χ0) is 25.5. The van der Waals surface area contributed by atoms with Crippen LogP contribution < -0.4 is 4.72 Å². The van der Waals surface area contributed by atoms with E-state index in [9.17, 15) is 26.4 Å². The summed E-state index contributed by atoms with van der Waals surface area (Å²) in [6.45, 7) is 0. The second-order valence-electron chi connectivity index (χ2n) is 7.64. The van der Waals surface area contributed by atoms with Gasteiger partial charge in [-0.05, 0) is 24.3 Å². The van der Waals surface area contributed by atoms with Crippen LogP contribution in [-0.2, 0) is 16.4 Å². The second kappa shape index (κ2) is 8.74. The van der Waals surface area contributed by atoms with E-state index in [1.54, 1.807) is 0 Å². The van der Waals surface area contributed by atoms with Gasteiger partial charge in [0.1, 0.15) is 11.3 Å². The number of pyridine rings is 2. The number of halogens is 4. The Morgan fingerprint density at radius 3 is 2.37 bits per heavy atom. The number of hydrogen-bond acceptors (Lipinski definition) is 5. The highest BCUT2D eigenvalue weighted by molar-refractivity contribution is 7.90. The monoisotopic (exact) mass is 507 g/mol. The molecule has 0 amide bonds. The van der Waals surface area contributed by atoms with E-state index >= 15 is 4.39 Å². The van der Waals surface area contributed by atoms with Crippen molar-refractivity contribution in [3.63, 3.8) is 0 Å². The van der Waals surface area contributed by atoms with Crippen molar-refractivity contribution in [2.75, 3.05) is 18.8 Å². The number of carbonyl (C=O) groups excluding carboxylic acids is 1. The molecule has 0 saturated heterocycles. The van der Waals surface area contributed by atoms with E-state index in [-0.39, 0.29) is 11.1 Å². The van der Waals surface area contributed by atoms with Gasteiger partial charge in [0.25, 0.3) is 0 Å². The lowest BCUT2D eigenvalue weighted by Crippen LogP contribution is -2.29. The molecule has 0 fully saturated rings. The van der Waals surface area contributed by atoms with Crippen LogP contribution in [0.5, 0.6) is 0 Å². The van der Waals surface area contributed by atoms with Crippen LogP contribution in [-0.4, -0.2) is 47.6 Å². The minimum atomic E-state index is -4.58. The van der Waals surface area contributed by atoms with Crippen LogP contribution in [0.3, 0.4) is 0 Å². The van der Waals surface area contributed by atoms with Crippen molar-refractivity contribution in [3.8, 4) is 11.1 Å². The van der Waals surface area contributed by atoms with Crippen LogP contribution in [0.15, 0.2) is 55.0 Å². The fourth-order valence-electron chi connectivity index (χ4n) is 3.24. The van der Waals surface area contributed by atoms with Crippen molar-refractivity contribution in [2.24, 2.45) is 0 Å².